The summed E-state index contributed by atoms with van der Waals surface area (Å²) in [4.78, 5) is 11.4. The summed E-state index contributed by atoms with van der Waals surface area (Å²) in [6, 6.07) is 0. The van der Waals surface area contributed by atoms with Gasteiger partial charge in [0, 0.05) is 13.2 Å². The Labute approximate surface area is 126 Å². The number of nitrogens with one attached hydrogen (secondary N) is 1. The van der Waals surface area contributed by atoms with Crippen molar-refractivity contribution in [2.75, 3.05) is 26.4 Å². The lowest BCUT2D eigenvalue weighted by atomic mass is 9.99. The summed E-state index contributed by atoms with van der Waals surface area (Å²) in [6.07, 6.45) is 0.405. The van der Waals surface area contributed by atoms with Crippen molar-refractivity contribution in [3.8, 4) is 0 Å². The van der Waals surface area contributed by atoms with Gasteiger partial charge in [-0.2, -0.15) is 0 Å². The van der Waals surface area contributed by atoms with Gasteiger partial charge in [-0.1, -0.05) is 31.6 Å². The molecule has 0 aliphatic heterocycles. The first-order valence-corrected chi connectivity index (χ1v) is 8.34. The fraction of sp³-hybridized carbons (Fsp3) is 0.923. The molecule has 0 radical (unpaired) electrons. The highest BCUT2D eigenvalue weighted by Gasteiger charge is 2.19. The normalized spacial score (nSPS) is 12.3. The van der Waals surface area contributed by atoms with E-state index in [2.05, 4.69) is 37.7 Å². The molecule has 0 aliphatic carbocycles. The lowest BCUT2D eigenvalue weighted by molar-refractivity contribution is 0.0692. The van der Waals surface area contributed by atoms with Gasteiger partial charge in [0.25, 0.3) is 0 Å². The molecule has 0 unspecified atom stereocenters. The average molecular weight is 309 g/mol. The highest BCUT2D eigenvalue weighted by Crippen LogP contribution is 2.27. The maximum atomic E-state index is 11.4. The van der Waals surface area contributed by atoms with Gasteiger partial charge in [0.15, 0.2) is 0 Å². The maximum absolute atomic E-state index is 11.4. The Bertz CT molecular complexity index is 265. The van der Waals surface area contributed by atoms with Crippen LogP contribution in [0.1, 0.15) is 41.0 Å². The molecule has 0 aliphatic rings. The van der Waals surface area contributed by atoms with E-state index in [9.17, 15) is 4.79 Å². The third kappa shape index (κ3) is 12.7. The van der Waals surface area contributed by atoms with Crippen LogP contribution in [0.25, 0.3) is 0 Å². The summed E-state index contributed by atoms with van der Waals surface area (Å²) in [6.45, 7) is 12.6. The highest BCUT2D eigenvalue weighted by molar-refractivity contribution is 8.69. The fourth-order valence-electron chi connectivity index (χ4n) is 1.06. The smallest absolute Gasteiger partial charge is 0.407 e. The first-order chi connectivity index (χ1) is 8.66. The first-order valence-electron chi connectivity index (χ1n) is 6.47. The second-order valence-corrected chi connectivity index (χ2v) is 8.16. The molecule has 0 rings (SSSR count). The third-order valence-corrected chi connectivity index (χ3v) is 4.16. The van der Waals surface area contributed by atoms with Crippen molar-refractivity contribution in [1.82, 2.24) is 5.32 Å². The Morgan fingerprint density at radius 2 is 1.84 bits per heavy atom. The molecule has 0 heterocycles. The summed E-state index contributed by atoms with van der Waals surface area (Å²) >= 11 is 4.12. The topological polar surface area (TPSA) is 47.6 Å². The van der Waals surface area contributed by atoms with Crippen LogP contribution in [0.2, 0.25) is 0 Å². The lowest BCUT2D eigenvalue weighted by Gasteiger charge is -2.20. The Kier molecular flexibility index (Phi) is 8.94. The number of amides is 1. The molecule has 114 valence electrons. The Hall–Kier alpha value is -0.0700. The third-order valence-electron chi connectivity index (χ3n) is 2.07. The zero-order valence-electron chi connectivity index (χ0n) is 12.6. The SMILES string of the molecule is CC(C)(C)COCCCNC(=O)OCC(C)(C)SS. The number of alkyl carbamates (subject to hydrolysis) is 1. The van der Waals surface area contributed by atoms with E-state index in [4.69, 9.17) is 9.47 Å². The van der Waals surface area contributed by atoms with Crippen LogP contribution in [-0.4, -0.2) is 37.2 Å². The van der Waals surface area contributed by atoms with E-state index in [1.807, 2.05) is 13.8 Å². The summed E-state index contributed by atoms with van der Waals surface area (Å²) in [7, 11) is 1.38. The van der Waals surface area contributed by atoms with Crippen molar-refractivity contribution in [3.63, 3.8) is 0 Å². The summed E-state index contributed by atoms with van der Waals surface area (Å²) in [5, 5.41) is 2.70. The van der Waals surface area contributed by atoms with Crippen LogP contribution in [0.15, 0.2) is 0 Å². The predicted octanol–water partition coefficient (Wildman–Crippen LogP) is 3.52. The monoisotopic (exact) mass is 309 g/mol. The van der Waals surface area contributed by atoms with Gasteiger partial charge in [-0.3, -0.25) is 0 Å². The number of hydrogen-bond donors (Lipinski definition) is 2. The van der Waals surface area contributed by atoms with Crippen LogP contribution < -0.4 is 5.32 Å². The van der Waals surface area contributed by atoms with Gasteiger partial charge in [-0.05, 0) is 25.7 Å². The molecule has 1 amide bonds. The lowest BCUT2D eigenvalue weighted by Crippen LogP contribution is -2.31. The van der Waals surface area contributed by atoms with E-state index in [-0.39, 0.29) is 16.3 Å². The average Bonchev–Trinajstić information content (AvgIpc) is 2.30. The molecule has 0 spiro atoms. The van der Waals surface area contributed by atoms with Crippen LogP contribution in [0.3, 0.4) is 0 Å². The molecule has 19 heavy (non-hydrogen) atoms. The van der Waals surface area contributed by atoms with Crippen LogP contribution in [-0.2, 0) is 9.47 Å². The van der Waals surface area contributed by atoms with Crippen molar-refractivity contribution in [3.05, 3.63) is 0 Å². The molecule has 0 fully saturated rings. The molecule has 4 nitrogen and oxygen atoms in total. The largest absolute Gasteiger partial charge is 0.448 e. The second kappa shape index (κ2) is 8.97. The maximum Gasteiger partial charge on any atom is 0.407 e. The molecule has 0 bridgehead atoms. The Morgan fingerprint density at radius 3 is 2.37 bits per heavy atom. The van der Waals surface area contributed by atoms with Gasteiger partial charge in [0.2, 0.25) is 0 Å². The van der Waals surface area contributed by atoms with E-state index in [0.29, 0.717) is 19.8 Å². The minimum absolute atomic E-state index is 0.170. The fourth-order valence-corrected chi connectivity index (χ4v) is 1.33. The first kappa shape index (κ1) is 18.9. The number of thiol groups is 1. The summed E-state index contributed by atoms with van der Waals surface area (Å²) in [5.41, 5.74) is 0.183. The molecule has 0 atom stereocenters. The molecule has 0 aromatic rings. The minimum atomic E-state index is -0.383. The Balaban J connectivity index is 3.49. The second-order valence-electron chi connectivity index (χ2n) is 6.32. The van der Waals surface area contributed by atoms with Gasteiger partial charge >= 0.3 is 6.09 Å². The Morgan fingerprint density at radius 1 is 1.21 bits per heavy atom. The summed E-state index contributed by atoms with van der Waals surface area (Å²) in [5.74, 6) is 0. The minimum Gasteiger partial charge on any atom is -0.448 e. The number of carbonyl (C=O) groups excluding carboxylic acids is 1. The predicted molar refractivity (Wildman–Crippen MR) is 84.9 cm³/mol. The zero-order valence-corrected chi connectivity index (χ0v) is 14.3. The molecule has 0 aromatic carbocycles. The summed E-state index contributed by atoms with van der Waals surface area (Å²) < 4.78 is 10.4. The van der Waals surface area contributed by atoms with Crippen LogP contribution in [0.4, 0.5) is 4.79 Å². The quantitative estimate of drug-likeness (QED) is 0.409. The van der Waals surface area contributed by atoms with Gasteiger partial charge in [-0.15, -0.1) is 11.7 Å². The molecule has 0 aromatic heterocycles. The molecule has 0 saturated carbocycles. The van der Waals surface area contributed by atoms with Gasteiger partial charge in [0.05, 0.1) is 11.4 Å². The van der Waals surface area contributed by atoms with Gasteiger partial charge in [0.1, 0.15) is 6.61 Å². The van der Waals surface area contributed by atoms with E-state index < -0.39 is 0 Å². The van der Waals surface area contributed by atoms with Crippen molar-refractivity contribution < 1.29 is 14.3 Å². The van der Waals surface area contributed by atoms with Crippen molar-refractivity contribution in [2.45, 2.75) is 45.8 Å². The molecular formula is C13H27NO3S2. The molecule has 6 heteroatoms. The van der Waals surface area contributed by atoms with Gasteiger partial charge < -0.3 is 14.8 Å². The zero-order chi connectivity index (χ0) is 14.9. The molecule has 1 N–H and O–H groups in total. The molecule has 0 saturated heterocycles. The number of hydrogen-bond acceptors (Lipinski definition) is 5. The van der Waals surface area contributed by atoms with Crippen LogP contribution >= 0.6 is 22.5 Å². The van der Waals surface area contributed by atoms with Crippen molar-refractivity contribution >= 4 is 28.5 Å². The number of rotatable bonds is 8. The van der Waals surface area contributed by atoms with E-state index in [1.54, 1.807) is 0 Å². The van der Waals surface area contributed by atoms with E-state index >= 15 is 0 Å². The van der Waals surface area contributed by atoms with Crippen molar-refractivity contribution in [2.24, 2.45) is 5.41 Å². The van der Waals surface area contributed by atoms with Crippen LogP contribution in [0.5, 0.6) is 0 Å². The van der Waals surface area contributed by atoms with E-state index in [0.717, 1.165) is 13.0 Å². The van der Waals surface area contributed by atoms with Crippen molar-refractivity contribution in [1.29, 1.82) is 0 Å². The molecular weight excluding hydrogens is 282 g/mol. The number of ether oxygens (including phenoxy) is 2. The van der Waals surface area contributed by atoms with Crippen LogP contribution in [0, 0.1) is 5.41 Å². The number of carbonyl (C=O) groups is 1. The van der Waals surface area contributed by atoms with Gasteiger partial charge in [-0.25, -0.2) is 4.79 Å². The van der Waals surface area contributed by atoms with E-state index in [1.165, 1.54) is 10.8 Å². The standard InChI is InChI=1S/C13H27NO3S2/c1-12(2,3)9-16-8-6-7-14-11(15)17-10-13(4,5)19-18/h18H,6-10H2,1-5H3,(H,14,15). The highest BCUT2D eigenvalue weighted by atomic mass is 33.1.